The third kappa shape index (κ3) is 7.11. The maximum absolute atomic E-state index is 12.6. The molecule has 1 heterocycles. The summed E-state index contributed by atoms with van der Waals surface area (Å²) in [7, 11) is 4.06. The van der Waals surface area contributed by atoms with Gasteiger partial charge in [0.25, 0.3) is 5.91 Å². The zero-order valence-corrected chi connectivity index (χ0v) is 16.8. The van der Waals surface area contributed by atoms with Crippen LogP contribution in [0.1, 0.15) is 28.1 Å². The van der Waals surface area contributed by atoms with E-state index in [9.17, 15) is 9.59 Å². The third-order valence-electron chi connectivity index (χ3n) is 3.97. The van der Waals surface area contributed by atoms with Crippen molar-refractivity contribution in [2.75, 3.05) is 26.1 Å². The Morgan fingerprint density at radius 1 is 1.15 bits per heavy atom. The summed E-state index contributed by atoms with van der Waals surface area (Å²) in [5.41, 5.74) is 2.24. The molecule has 0 fully saturated rings. The van der Waals surface area contributed by atoms with Crippen molar-refractivity contribution < 1.29 is 14.0 Å². The minimum atomic E-state index is -0.594. The summed E-state index contributed by atoms with van der Waals surface area (Å²) in [4.78, 5) is 26.9. The second kappa shape index (κ2) is 10.8. The lowest BCUT2D eigenvalue weighted by atomic mass is 10.1. The number of nitrogens with one attached hydrogen (secondary N) is 2. The average Bonchev–Trinajstić information content (AvgIpc) is 3.18. The van der Waals surface area contributed by atoms with E-state index in [1.165, 1.54) is 11.8 Å². The molecule has 27 heavy (non-hydrogen) atoms. The van der Waals surface area contributed by atoms with Gasteiger partial charge in [-0.2, -0.15) is 11.8 Å². The zero-order valence-electron chi connectivity index (χ0n) is 16.0. The van der Waals surface area contributed by atoms with Crippen LogP contribution in [0.4, 0.5) is 0 Å². The first-order valence-electron chi connectivity index (χ1n) is 8.83. The highest BCUT2D eigenvalue weighted by Crippen LogP contribution is 2.08. The second-order valence-corrected chi connectivity index (χ2v) is 7.54. The molecule has 0 aliphatic rings. The minimum absolute atomic E-state index is 0.193. The van der Waals surface area contributed by atoms with Crippen molar-refractivity contribution in [1.82, 2.24) is 15.5 Å². The SMILES string of the molecule is CSCC[C@H](NC(=O)c1ccco1)C(=O)NCc1ccc(CN(C)C)cc1. The molecule has 2 amide bonds. The number of carbonyl (C=O) groups excluding carboxylic acids is 2. The standard InChI is InChI=1S/C20H27N3O3S/c1-23(2)14-16-8-6-15(7-9-16)13-21-19(24)17(10-12-27-3)22-20(25)18-5-4-11-26-18/h4-9,11,17H,10,12-14H2,1-3H3,(H,21,24)(H,22,25)/t17-/m0/s1. The van der Waals surface area contributed by atoms with Crippen LogP contribution in [-0.4, -0.2) is 48.9 Å². The summed E-state index contributed by atoms with van der Waals surface area (Å²) in [5.74, 6) is 0.402. The highest BCUT2D eigenvalue weighted by atomic mass is 32.2. The smallest absolute Gasteiger partial charge is 0.287 e. The molecule has 0 spiro atoms. The monoisotopic (exact) mass is 389 g/mol. The molecule has 2 rings (SSSR count). The topological polar surface area (TPSA) is 74.6 Å². The molecule has 7 heteroatoms. The van der Waals surface area contributed by atoms with E-state index in [-0.39, 0.29) is 17.6 Å². The van der Waals surface area contributed by atoms with Crippen molar-refractivity contribution in [3.05, 3.63) is 59.5 Å². The molecule has 1 atom stereocenters. The third-order valence-corrected chi connectivity index (χ3v) is 4.61. The van der Waals surface area contributed by atoms with Gasteiger partial charge >= 0.3 is 0 Å². The Hall–Kier alpha value is -2.25. The number of benzene rings is 1. The second-order valence-electron chi connectivity index (χ2n) is 6.56. The van der Waals surface area contributed by atoms with Gasteiger partial charge in [-0.15, -0.1) is 0 Å². The maximum atomic E-state index is 12.6. The van der Waals surface area contributed by atoms with Crippen LogP contribution in [0, 0.1) is 0 Å². The van der Waals surface area contributed by atoms with Gasteiger partial charge in [0.1, 0.15) is 6.04 Å². The molecule has 2 aromatic rings. The molecule has 6 nitrogen and oxygen atoms in total. The van der Waals surface area contributed by atoms with E-state index in [1.807, 2.05) is 32.5 Å². The molecule has 1 aromatic heterocycles. The first-order chi connectivity index (χ1) is 13.0. The number of amides is 2. The Labute approximate surface area is 164 Å². The predicted octanol–water partition coefficient (Wildman–Crippen LogP) is 2.51. The Morgan fingerprint density at radius 3 is 2.44 bits per heavy atom. The van der Waals surface area contributed by atoms with Gasteiger partial charge in [-0.1, -0.05) is 24.3 Å². The van der Waals surface area contributed by atoms with Crippen LogP contribution < -0.4 is 10.6 Å². The molecular weight excluding hydrogens is 362 g/mol. The van der Waals surface area contributed by atoms with Crippen LogP contribution in [0.3, 0.4) is 0 Å². The van der Waals surface area contributed by atoms with Crippen LogP contribution in [-0.2, 0) is 17.9 Å². The molecule has 146 valence electrons. The van der Waals surface area contributed by atoms with Crippen molar-refractivity contribution >= 4 is 23.6 Å². The Morgan fingerprint density at radius 2 is 1.85 bits per heavy atom. The van der Waals surface area contributed by atoms with Crippen LogP contribution >= 0.6 is 11.8 Å². The highest BCUT2D eigenvalue weighted by molar-refractivity contribution is 7.98. The fraction of sp³-hybridized carbons (Fsp3) is 0.400. The number of hydrogen-bond donors (Lipinski definition) is 2. The van der Waals surface area contributed by atoms with Crippen molar-refractivity contribution in [2.45, 2.75) is 25.6 Å². The fourth-order valence-electron chi connectivity index (χ4n) is 2.58. The summed E-state index contributed by atoms with van der Waals surface area (Å²) in [6.07, 6.45) is 3.96. The molecule has 0 radical (unpaired) electrons. The first kappa shape index (κ1) is 21.1. The molecular formula is C20H27N3O3S. The van der Waals surface area contributed by atoms with E-state index in [1.54, 1.807) is 23.9 Å². The van der Waals surface area contributed by atoms with E-state index in [0.29, 0.717) is 13.0 Å². The van der Waals surface area contributed by atoms with Gasteiger partial charge in [0, 0.05) is 13.1 Å². The van der Waals surface area contributed by atoms with Gasteiger partial charge in [0.2, 0.25) is 5.91 Å². The largest absolute Gasteiger partial charge is 0.459 e. The van der Waals surface area contributed by atoms with Crippen molar-refractivity contribution in [1.29, 1.82) is 0 Å². The van der Waals surface area contributed by atoms with E-state index < -0.39 is 6.04 Å². The van der Waals surface area contributed by atoms with Crippen LogP contribution in [0.25, 0.3) is 0 Å². The van der Waals surface area contributed by atoms with Gasteiger partial charge in [0.05, 0.1) is 6.26 Å². The number of hydrogen-bond acceptors (Lipinski definition) is 5. The highest BCUT2D eigenvalue weighted by Gasteiger charge is 2.22. The normalized spacial score (nSPS) is 12.0. The van der Waals surface area contributed by atoms with Gasteiger partial charge < -0.3 is 20.0 Å². The van der Waals surface area contributed by atoms with Crippen LogP contribution in [0.15, 0.2) is 47.1 Å². The number of carbonyl (C=O) groups is 2. The van der Waals surface area contributed by atoms with Gasteiger partial charge in [-0.05, 0) is 55.8 Å². The molecule has 0 aliphatic carbocycles. The lowest BCUT2D eigenvalue weighted by Crippen LogP contribution is -2.46. The minimum Gasteiger partial charge on any atom is -0.459 e. The molecule has 0 saturated heterocycles. The number of thioether (sulfide) groups is 1. The average molecular weight is 390 g/mol. The molecule has 0 saturated carbocycles. The molecule has 1 aromatic carbocycles. The van der Waals surface area contributed by atoms with Gasteiger partial charge in [-0.3, -0.25) is 9.59 Å². The number of rotatable bonds is 10. The van der Waals surface area contributed by atoms with Crippen molar-refractivity contribution in [3.63, 3.8) is 0 Å². The molecule has 0 bridgehead atoms. The molecule has 2 N–H and O–H groups in total. The Balaban J connectivity index is 1.91. The summed E-state index contributed by atoms with van der Waals surface area (Å²) in [5, 5.41) is 5.67. The van der Waals surface area contributed by atoms with Gasteiger partial charge in [-0.25, -0.2) is 0 Å². The lowest BCUT2D eigenvalue weighted by molar-refractivity contribution is -0.123. The predicted molar refractivity (Wildman–Crippen MR) is 109 cm³/mol. The molecule has 0 aliphatic heterocycles. The van der Waals surface area contributed by atoms with Crippen molar-refractivity contribution in [2.24, 2.45) is 0 Å². The Bertz CT molecular complexity index is 715. The van der Waals surface area contributed by atoms with Gasteiger partial charge in [0.15, 0.2) is 5.76 Å². The number of nitrogens with zero attached hydrogens (tertiary/aromatic N) is 1. The molecule has 0 unspecified atom stereocenters. The fourth-order valence-corrected chi connectivity index (χ4v) is 3.05. The number of furan rings is 1. The summed E-state index contributed by atoms with van der Waals surface area (Å²) in [6.45, 7) is 1.30. The Kier molecular flexibility index (Phi) is 8.42. The maximum Gasteiger partial charge on any atom is 0.287 e. The lowest BCUT2D eigenvalue weighted by Gasteiger charge is -2.18. The van der Waals surface area contributed by atoms with E-state index in [0.717, 1.165) is 17.9 Å². The summed E-state index contributed by atoms with van der Waals surface area (Å²) in [6, 6.07) is 10.8. The van der Waals surface area contributed by atoms with Crippen molar-refractivity contribution in [3.8, 4) is 0 Å². The van der Waals surface area contributed by atoms with E-state index >= 15 is 0 Å². The zero-order chi connectivity index (χ0) is 19.6. The first-order valence-corrected chi connectivity index (χ1v) is 10.2. The quantitative estimate of drug-likeness (QED) is 0.653. The summed E-state index contributed by atoms with van der Waals surface area (Å²) >= 11 is 1.63. The summed E-state index contributed by atoms with van der Waals surface area (Å²) < 4.78 is 5.10. The van der Waals surface area contributed by atoms with Crippen LogP contribution in [0.5, 0.6) is 0 Å². The van der Waals surface area contributed by atoms with E-state index in [2.05, 4.69) is 27.7 Å². The van der Waals surface area contributed by atoms with E-state index in [4.69, 9.17) is 4.42 Å². The van der Waals surface area contributed by atoms with Crippen LogP contribution in [0.2, 0.25) is 0 Å².